The van der Waals surface area contributed by atoms with Crippen LogP contribution in [0.15, 0.2) is 23.4 Å². The molecule has 1 aliphatic carbocycles. The van der Waals surface area contributed by atoms with Crippen LogP contribution in [0.3, 0.4) is 0 Å². The van der Waals surface area contributed by atoms with E-state index in [1.165, 1.54) is 0 Å². The van der Waals surface area contributed by atoms with Crippen LogP contribution < -0.4 is 0 Å². The minimum atomic E-state index is -1.26. The third-order valence-corrected chi connectivity index (χ3v) is 7.42. The minimum absolute atomic E-state index is 0.231. The molecule has 0 amide bonds. The lowest BCUT2D eigenvalue weighted by molar-refractivity contribution is -0.170. The van der Waals surface area contributed by atoms with E-state index in [1.807, 2.05) is 25.1 Å². The molecule has 1 aromatic carbocycles. The molecule has 1 saturated heterocycles. The minimum Gasteiger partial charge on any atom is -0.459 e. The summed E-state index contributed by atoms with van der Waals surface area (Å²) in [5.74, 6) is -1.28. The summed E-state index contributed by atoms with van der Waals surface area (Å²) in [4.78, 5) is 45.1. The van der Waals surface area contributed by atoms with Crippen LogP contribution in [0, 0.1) is 24.7 Å². The molecule has 5 unspecified atom stereocenters. The van der Waals surface area contributed by atoms with Crippen molar-refractivity contribution in [3.63, 3.8) is 0 Å². The highest BCUT2D eigenvalue weighted by atomic mass is 32.2. The van der Waals surface area contributed by atoms with Gasteiger partial charge in [-0.05, 0) is 55.2 Å². The number of benzene rings is 1. The highest BCUT2D eigenvalue weighted by Crippen LogP contribution is 2.37. The third kappa shape index (κ3) is 4.49. The molecule has 0 radical (unpaired) electrons. The fraction of sp³-hybridized carbons (Fsp3) is 0.565. The zero-order valence-electron chi connectivity index (χ0n) is 18.2. The molecule has 31 heavy (non-hydrogen) atoms. The van der Waals surface area contributed by atoms with Gasteiger partial charge < -0.3 is 14.5 Å². The number of ketones is 1. The number of rotatable bonds is 5. The number of aromatic amines is 1. The molecular weight excluding hydrogens is 416 g/mol. The standard InChI is InChI=1S/C23H28N2O5S/c1-11(2)14-7-5-13(4)10-17(14)29-22(28)19-20(18(26)21(27)30-19)31-23-24-15-8-6-12(3)9-16(15)25-23/h6,8-9,11,13-14,17,19-20H,5,7,10H2,1-4H3,(H,24,25). The van der Waals surface area contributed by atoms with Gasteiger partial charge in [0.2, 0.25) is 6.10 Å². The highest BCUT2D eigenvalue weighted by molar-refractivity contribution is 8.00. The van der Waals surface area contributed by atoms with Crippen molar-refractivity contribution >= 4 is 40.5 Å². The van der Waals surface area contributed by atoms with Crippen molar-refractivity contribution in [2.45, 2.75) is 69.6 Å². The molecular formula is C23H28N2O5S. The van der Waals surface area contributed by atoms with Crippen LogP contribution in [0.5, 0.6) is 0 Å². The Kier molecular flexibility index (Phi) is 6.10. The Morgan fingerprint density at radius 2 is 2.06 bits per heavy atom. The molecule has 0 bridgehead atoms. The van der Waals surface area contributed by atoms with Crippen LogP contribution in [-0.2, 0) is 23.9 Å². The summed E-state index contributed by atoms with van der Waals surface area (Å²) in [7, 11) is 0. The van der Waals surface area contributed by atoms with Gasteiger partial charge in [0, 0.05) is 0 Å². The van der Waals surface area contributed by atoms with Gasteiger partial charge in [-0.15, -0.1) is 0 Å². The average Bonchev–Trinajstić information content (AvgIpc) is 3.23. The van der Waals surface area contributed by atoms with Crippen LogP contribution in [0.2, 0.25) is 0 Å². The second-order valence-corrected chi connectivity index (χ2v) is 10.2. The number of hydrogen-bond acceptors (Lipinski definition) is 7. The normalized spacial score (nSPS) is 28.9. The first-order chi connectivity index (χ1) is 14.7. The number of aryl methyl sites for hydroxylation is 1. The molecule has 2 aliphatic rings. The molecule has 2 heterocycles. The number of thioether (sulfide) groups is 1. The topological polar surface area (TPSA) is 98.4 Å². The first kappa shape index (κ1) is 21.9. The number of H-pyrrole nitrogens is 1. The fourth-order valence-corrected chi connectivity index (χ4v) is 5.57. The second kappa shape index (κ2) is 8.65. The Morgan fingerprint density at radius 3 is 2.81 bits per heavy atom. The number of ether oxygens (including phenoxy) is 2. The molecule has 1 aliphatic heterocycles. The third-order valence-electron chi connectivity index (χ3n) is 6.28. The number of carbonyl (C=O) groups is 3. The van der Waals surface area contributed by atoms with E-state index in [0.29, 0.717) is 17.0 Å². The van der Waals surface area contributed by atoms with Crippen LogP contribution in [-0.4, -0.2) is 45.1 Å². The largest absolute Gasteiger partial charge is 0.459 e. The number of nitrogens with zero attached hydrogens (tertiary/aromatic N) is 1. The maximum absolute atomic E-state index is 13.0. The molecule has 1 aromatic heterocycles. The molecule has 4 rings (SSSR count). The Bertz CT molecular complexity index is 1020. The van der Waals surface area contributed by atoms with Crippen molar-refractivity contribution in [2.75, 3.05) is 0 Å². The van der Waals surface area contributed by atoms with Crippen molar-refractivity contribution in [2.24, 2.45) is 17.8 Å². The Hall–Kier alpha value is -2.35. The van der Waals surface area contributed by atoms with E-state index in [-0.39, 0.29) is 12.0 Å². The van der Waals surface area contributed by atoms with Gasteiger partial charge in [0.05, 0.1) is 11.0 Å². The van der Waals surface area contributed by atoms with Crippen molar-refractivity contribution in [1.82, 2.24) is 9.97 Å². The van der Waals surface area contributed by atoms with E-state index in [0.717, 1.165) is 47.6 Å². The summed E-state index contributed by atoms with van der Waals surface area (Å²) < 4.78 is 11.0. The molecule has 5 atom stereocenters. The lowest BCUT2D eigenvalue weighted by Gasteiger charge is -2.37. The maximum atomic E-state index is 13.0. The van der Waals surface area contributed by atoms with Gasteiger partial charge >= 0.3 is 11.9 Å². The lowest BCUT2D eigenvalue weighted by Crippen LogP contribution is -2.41. The maximum Gasteiger partial charge on any atom is 0.376 e. The number of cyclic esters (lactones) is 1. The molecule has 8 heteroatoms. The molecule has 0 spiro atoms. The van der Waals surface area contributed by atoms with E-state index in [9.17, 15) is 14.4 Å². The van der Waals surface area contributed by atoms with Crippen molar-refractivity contribution in [1.29, 1.82) is 0 Å². The van der Waals surface area contributed by atoms with E-state index in [2.05, 4.69) is 30.7 Å². The van der Waals surface area contributed by atoms with E-state index in [4.69, 9.17) is 9.47 Å². The van der Waals surface area contributed by atoms with Gasteiger partial charge in [0.15, 0.2) is 5.16 Å². The predicted molar refractivity (Wildman–Crippen MR) is 117 cm³/mol. The predicted octanol–water partition coefficient (Wildman–Crippen LogP) is 3.83. The zero-order valence-corrected chi connectivity index (χ0v) is 19.0. The number of aromatic nitrogens is 2. The molecule has 2 aromatic rings. The zero-order chi connectivity index (χ0) is 22.3. The lowest BCUT2D eigenvalue weighted by atomic mass is 9.75. The molecule has 166 valence electrons. The highest BCUT2D eigenvalue weighted by Gasteiger charge is 2.50. The summed E-state index contributed by atoms with van der Waals surface area (Å²) in [6.45, 7) is 8.38. The Labute approximate surface area is 185 Å². The van der Waals surface area contributed by atoms with E-state index >= 15 is 0 Å². The van der Waals surface area contributed by atoms with Gasteiger partial charge in [-0.3, -0.25) is 4.79 Å². The number of hydrogen-bond donors (Lipinski definition) is 1. The number of fused-ring (bicyclic) bond motifs is 1. The Balaban J connectivity index is 1.52. The average molecular weight is 445 g/mol. The summed E-state index contributed by atoms with van der Waals surface area (Å²) in [5.41, 5.74) is 2.65. The van der Waals surface area contributed by atoms with E-state index in [1.54, 1.807) is 0 Å². The number of nitrogens with one attached hydrogen (secondary N) is 1. The van der Waals surface area contributed by atoms with Crippen molar-refractivity contribution in [3.05, 3.63) is 23.8 Å². The van der Waals surface area contributed by atoms with Gasteiger partial charge in [-0.1, -0.05) is 45.0 Å². The van der Waals surface area contributed by atoms with Crippen LogP contribution >= 0.6 is 11.8 Å². The van der Waals surface area contributed by atoms with Gasteiger partial charge in [0.1, 0.15) is 11.4 Å². The summed E-state index contributed by atoms with van der Waals surface area (Å²) in [5, 5.41) is -0.554. The van der Waals surface area contributed by atoms with Gasteiger partial charge in [0.25, 0.3) is 5.78 Å². The number of esters is 2. The van der Waals surface area contributed by atoms with Crippen molar-refractivity contribution < 1.29 is 23.9 Å². The fourth-order valence-electron chi connectivity index (χ4n) is 4.52. The number of Topliss-reactive ketones (excluding diaryl/α,β-unsaturated/α-hetero) is 1. The smallest absolute Gasteiger partial charge is 0.376 e. The summed E-state index contributed by atoms with van der Waals surface area (Å²) in [6.07, 6.45) is 1.40. The molecule has 1 N–H and O–H groups in total. The molecule has 1 saturated carbocycles. The SMILES string of the molecule is Cc1ccc2nc(SC3C(=O)C(=O)OC3C(=O)OC3CC(C)CCC3C(C)C)[nH]c2c1. The van der Waals surface area contributed by atoms with Gasteiger partial charge in [-0.2, -0.15) is 0 Å². The van der Waals surface area contributed by atoms with Crippen LogP contribution in [0.25, 0.3) is 11.0 Å². The van der Waals surface area contributed by atoms with Crippen molar-refractivity contribution in [3.8, 4) is 0 Å². The Morgan fingerprint density at radius 1 is 1.29 bits per heavy atom. The molecule has 2 fully saturated rings. The van der Waals surface area contributed by atoms with Crippen LogP contribution in [0.1, 0.15) is 45.6 Å². The van der Waals surface area contributed by atoms with Gasteiger partial charge in [-0.25, -0.2) is 14.6 Å². The molecule has 7 nitrogen and oxygen atoms in total. The summed E-state index contributed by atoms with van der Waals surface area (Å²) >= 11 is 1.04. The van der Waals surface area contributed by atoms with E-state index < -0.39 is 29.1 Å². The monoisotopic (exact) mass is 444 g/mol. The first-order valence-corrected chi connectivity index (χ1v) is 11.7. The second-order valence-electron chi connectivity index (χ2n) is 9.09. The van der Waals surface area contributed by atoms with Crippen LogP contribution in [0.4, 0.5) is 0 Å². The number of imidazole rings is 1. The number of carbonyl (C=O) groups excluding carboxylic acids is 3. The first-order valence-electron chi connectivity index (χ1n) is 10.8. The quantitative estimate of drug-likeness (QED) is 0.553. The summed E-state index contributed by atoms with van der Waals surface area (Å²) in [6, 6.07) is 5.78.